The van der Waals surface area contributed by atoms with E-state index in [1.54, 1.807) is 70.2 Å². The summed E-state index contributed by atoms with van der Waals surface area (Å²) in [5.74, 6) is -13.8. The number of nitrogens with two attached hydrogens (primary N) is 3. The summed E-state index contributed by atoms with van der Waals surface area (Å²) in [7, 11) is 0. The molecule has 0 radical (unpaired) electrons. The smallest absolute Gasteiger partial charge is 0.322 e. The molecule has 5 heterocycles. The van der Waals surface area contributed by atoms with Crippen molar-refractivity contribution in [2.45, 2.75) is 160 Å². The molecule has 780 valence electrons. The second-order valence-corrected chi connectivity index (χ2v) is 35.8. The summed E-state index contributed by atoms with van der Waals surface area (Å²) in [5, 5.41) is 73.3. The number of aliphatic hydroxyl groups is 1. The summed E-state index contributed by atoms with van der Waals surface area (Å²) in [4.78, 5) is 209. The van der Waals surface area contributed by atoms with E-state index >= 15 is 0 Å². The van der Waals surface area contributed by atoms with Gasteiger partial charge in [-0.15, -0.1) is 0 Å². The molecule has 5 aromatic carbocycles. The predicted octanol–water partition coefficient (Wildman–Crippen LogP) is 3.91. The number of carbonyl (C=O) groups excluding carboxylic acids is 13. The van der Waals surface area contributed by atoms with E-state index in [4.69, 9.17) is 52.6 Å². The van der Waals surface area contributed by atoms with Crippen LogP contribution in [-0.4, -0.2) is 258 Å². The zero-order valence-electron chi connectivity index (χ0n) is 82.9. The van der Waals surface area contributed by atoms with Gasteiger partial charge in [0.2, 0.25) is 70.9 Å². The van der Waals surface area contributed by atoms with Crippen LogP contribution in [0.4, 0.5) is 0 Å². The Kier molecular flexibility index (Phi) is 43.8. The Morgan fingerprint density at radius 3 is 1.29 bits per heavy atom. The molecule has 147 heavy (non-hydrogen) atoms. The lowest BCUT2D eigenvalue weighted by Gasteiger charge is -2.28. The van der Waals surface area contributed by atoms with Gasteiger partial charge in [-0.05, 0) is 172 Å². The lowest BCUT2D eigenvalue weighted by Crippen LogP contribution is -2.61. The summed E-state index contributed by atoms with van der Waals surface area (Å²) < 4.78 is 11.3. The Hall–Kier alpha value is -16.3. The maximum absolute atomic E-state index is 14.7. The fraction of sp³-hybridized carbons (Fsp3) is 0.371. The molecule has 8 bridgehead atoms. The number of ether oxygens (including phenoxy) is 2. The highest BCUT2D eigenvalue weighted by molar-refractivity contribution is 6.04. The third kappa shape index (κ3) is 35.0. The number of hydrogen-bond acceptors (Lipinski definition) is 22. The number of guanidine groups is 2. The minimum Gasteiger partial charge on any atom is -0.480 e. The van der Waals surface area contributed by atoms with Crippen molar-refractivity contribution in [2.75, 3.05) is 78.8 Å². The van der Waals surface area contributed by atoms with E-state index < -0.39 is 176 Å². The van der Waals surface area contributed by atoms with Crippen LogP contribution in [0.3, 0.4) is 0 Å². The molecule has 0 unspecified atom stereocenters. The fourth-order valence-electron chi connectivity index (χ4n) is 16.2. The number of aromatic amines is 2. The highest BCUT2D eigenvalue weighted by Crippen LogP contribution is 2.39. The normalized spacial score (nSPS) is 13.4. The van der Waals surface area contributed by atoms with E-state index in [1.165, 1.54) is 13.8 Å². The quantitative estimate of drug-likeness (QED) is 0.0146. The molecule has 13 amide bonds. The molecule has 0 saturated carbocycles. The Morgan fingerprint density at radius 1 is 0.388 bits per heavy atom. The number of aliphatic carboxylic acids is 1. The van der Waals surface area contributed by atoms with Crippen LogP contribution in [0, 0.1) is 22.7 Å². The predicted molar refractivity (Wildman–Crippen MR) is 557 cm³/mol. The summed E-state index contributed by atoms with van der Waals surface area (Å²) in [6, 6.07) is 42.9. The number of H-pyrrole nitrogens is 2. The van der Waals surface area contributed by atoms with E-state index in [2.05, 4.69) is 156 Å². The molecule has 10 atom stereocenters. The Balaban J connectivity index is 0.712. The van der Waals surface area contributed by atoms with E-state index in [1.807, 2.05) is 84.9 Å². The van der Waals surface area contributed by atoms with Crippen LogP contribution in [0.15, 0.2) is 170 Å². The molecular weight excluding hydrogens is 1890 g/mol. The molecule has 0 fully saturated rings. The van der Waals surface area contributed by atoms with Crippen LogP contribution in [0.2, 0.25) is 0 Å². The van der Waals surface area contributed by atoms with E-state index in [0.29, 0.717) is 36.1 Å². The summed E-state index contributed by atoms with van der Waals surface area (Å²) in [6.07, 6.45) is 7.41. The van der Waals surface area contributed by atoms with Gasteiger partial charge in [0.15, 0.2) is 11.9 Å². The molecule has 2 aliphatic rings. The largest absolute Gasteiger partial charge is 0.480 e. The lowest BCUT2D eigenvalue weighted by molar-refractivity contribution is -0.138. The number of aliphatic hydroxyl groups excluding tert-OH is 1. The van der Waals surface area contributed by atoms with Crippen molar-refractivity contribution in [2.24, 2.45) is 29.0 Å². The molecule has 3 aromatic heterocycles. The molecule has 8 aromatic rings. The average Bonchev–Trinajstić information content (AvgIpc) is 1.61. The Labute approximate surface area is 850 Å². The van der Waals surface area contributed by atoms with Crippen LogP contribution in [-0.2, 0) is 78.2 Å². The number of rotatable bonds is 56. The number of carboxylic acids is 1. The average molecular weight is 2020 g/mol. The fourth-order valence-corrected chi connectivity index (χ4v) is 16.2. The van der Waals surface area contributed by atoms with Crippen molar-refractivity contribution in [1.82, 2.24) is 99.7 Å². The maximum atomic E-state index is 14.7. The van der Waals surface area contributed by atoms with Crippen LogP contribution in [0.25, 0.3) is 90.9 Å². The number of hydrogen-bond donors (Lipinski definition) is 24. The minimum absolute atomic E-state index is 0.0152. The first-order chi connectivity index (χ1) is 70.6. The first-order valence-corrected chi connectivity index (χ1v) is 48.8. The van der Waals surface area contributed by atoms with Crippen LogP contribution in [0.5, 0.6) is 0 Å². The van der Waals surface area contributed by atoms with Gasteiger partial charge < -0.3 is 127 Å². The number of carboxylic acid groups (broad SMARTS) is 1. The molecule has 2 aliphatic heterocycles. The van der Waals surface area contributed by atoms with Gasteiger partial charge >= 0.3 is 5.97 Å². The molecule has 10 rings (SSSR count). The van der Waals surface area contributed by atoms with Gasteiger partial charge in [-0.2, -0.15) is 0 Å². The van der Waals surface area contributed by atoms with Crippen LogP contribution < -0.4 is 97.0 Å². The Morgan fingerprint density at radius 2 is 0.803 bits per heavy atom. The number of carbonyl (C=O) groups is 14. The van der Waals surface area contributed by atoms with Crippen molar-refractivity contribution in [1.29, 1.82) is 10.8 Å². The van der Waals surface area contributed by atoms with Gasteiger partial charge in [0.25, 0.3) is 5.91 Å². The maximum Gasteiger partial charge on any atom is 0.322 e. The topological polar surface area (TPSA) is 661 Å². The first-order valence-electron chi connectivity index (χ1n) is 48.8. The Bertz CT molecular complexity index is 6140. The van der Waals surface area contributed by atoms with Gasteiger partial charge in [-0.3, -0.25) is 77.9 Å². The number of aromatic nitrogens is 4. The van der Waals surface area contributed by atoms with E-state index in [9.17, 15) is 72.2 Å². The number of fused-ring (bicyclic) bond motifs is 8. The SMILES string of the molecule is CC[C@H](C)[C@H](NC(=O)[C@H](CCCNC(=N)N)NC(=O)CNC(=O)COCCOCCNC(=O)c1ccc(-c2c3nc(c(-c4ccccc4)c4ccc([nH]4)c(-c4ccccc4)c4nc(c(-c5ccccc5)c5ccc2[nH]5)C=C4)C=C3)cc1)C(=O)NCC(=O)N[C@@H](Cc1ccccc1)C(=O)N[C@@H](CC(C)C)C(=O)N[C@@H](CCCNC(=N)N)C(=O)N[C@H](C(=O)N[C@@H](C)C(=O)N[C@@H](CCCCN)C(=O)NCC(=O)NCC(=O)O)[C@@H](C)O. The van der Waals surface area contributed by atoms with Crippen molar-refractivity contribution < 1.29 is 86.8 Å². The van der Waals surface area contributed by atoms with Gasteiger partial charge in [-0.1, -0.05) is 168 Å². The molecule has 0 aliphatic carbocycles. The molecule has 42 nitrogen and oxygen atoms in total. The standard InChI is InChI=1S/C105H132N24O18/c1-7-62(4)93(102(144)117-58-86(133)124-83(55-65-24-12-8-13-25-65)101(143)127-82(54-61(2)3)100(142)126-81(34-23-49-113-105(109)110)99(141)129-94(64(6)130)103(145)118-63(5)95(137)125-79(32-20-21-47-106)97(139)116-56-84(131)115-59-88(135)136)128-98(140)80(33-22-48-112-104(107)108)123-85(132)57-114-87(134)60-147-53-52-146-51-50-111-96(138)70-37-35-69(36-38-70)92-77-45-43-75(121-77)90(67-28-16-10-17-29-67)73-41-39-71(119-73)89(66-26-14-9-15-27-66)72-40-42-74(120-72)91(68-30-18-11-19-31-68)76-44-46-78(92)122-76/h8-19,24-31,35-46,61-64,79-83,93-94,119,122,130H,7,20-23,32-34,47-60,106H2,1-6H3,(H,111,138)(H,114,134)(H,115,131)(H,116,139)(H,117,144)(H,118,145)(H,123,132)(H,124,133)(H,125,137)(H,126,142)(H,127,143)(H,128,140)(H,129,141)(H,135,136)(H4,107,108,112)(H4,109,110,113)/t62-,63-,64+,79-,80-,81-,82-,83-,93-,94-/m0/s1. The highest BCUT2D eigenvalue weighted by atomic mass is 16.5. The van der Waals surface area contributed by atoms with Gasteiger partial charge in [0.05, 0.1) is 68.3 Å². The zero-order valence-corrected chi connectivity index (χ0v) is 82.9. The van der Waals surface area contributed by atoms with E-state index in [-0.39, 0.29) is 109 Å². The van der Waals surface area contributed by atoms with Crippen LogP contribution in [0.1, 0.15) is 138 Å². The first kappa shape index (κ1) is 113. The lowest BCUT2D eigenvalue weighted by atomic mass is 9.97. The van der Waals surface area contributed by atoms with E-state index in [0.717, 1.165) is 83.7 Å². The molecule has 0 saturated heterocycles. The number of nitrogens with one attached hydrogen (secondary N) is 19. The summed E-state index contributed by atoms with van der Waals surface area (Å²) in [6.45, 7) is 6.70. The minimum atomic E-state index is -1.79. The second-order valence-electron chi connectivity index (χ2n) is 35.8. The number of nitrogens with zero attached hydrogens (tertiary/aromatic N) is 2. The summed E-state index contributed by atoms with van der Waals surface area (Å²) >= 11 is 0. The van der Waals surface area contributed by atoms with Crippen molar-refractivity contribution >= 4 is 141 Å². The van der Waals surface area contributed by atoms with Crippen molar-refractivity contribution in [3.63, 3.8) is 0 Å². The second kappa shape index (κ2) is 57.2. The van der Waals surface area contributed by atoms with Gasteiger partial charge in [0, 0.05) is 75.9 Å². The molecule has 27 N–H and O–H groups in total. The monoisotopic (exact) mass is 2020 g/mol. The number of benzene rings is 5. The molecule has 0 spiro atoms. The number of amides is 13. The molecular formula is C105H132N24O18. The highest BCUT2D eigenvalue weighted by Gasteiger charge is 2.37. The number of unbranched alkanes of at least 4 members (excludes halogenated alkanes) is 1. The van der Waals surface area contributed by atoms with Crippen molar-refractivity contribution in [3.8, 4) is 44.5 Å². The summed E-state index contributed by atoms with van der Waals surface area (Å²) in [5.41, 5.74) is 31.3. The molecule has 42 heteroatoms. The zero-order chi connectivity index (χ0) is 106. The van der Waals surface area contributed by atoms with Crippen LogP contribution >= 0.6 is 0 Å². The third-order valence-corrected chi connectivity index (χ3v) is 24.0. The van der Waals surface area contributed by atoms with Gasteiger partial charge in [0.1, 0.15) is 61.5 Å². The van der Waals surface area contributed by atoms with Gasteiger partial charge in [-0.25, -0.2) is 9.97 Å². The third-order valence-electron chi connectivity index (χ3n) is 24.0. The van der Waals surface area contributed by atoms with Crippen molar-refractivity contribution in [3.05, 3.63) is 204 Å².